The Hall–Kier alpha value is -1.69. The molecule has 1 aromatic carbocycles. The first-order valence-corrected chi connectivity index (χ1v) is 5.66. The molecule has 0 aliphatic rings. The van der Waals surface area contributed by atoms with Gasteiger partial charge in [0.25, 0.3) is 0 Å². The summed E-state index contributed by atoms with van der Waals surface area (Å²) in [4.78, 5) is 2.23. The van der Waals surface area contributed by atoms with Crippen molar-refractivity contribution < 1.29 is 0 Å². The summed E-state index contributed by atoms with van der Waals surface area (Å²) >= 11 is 0. The van der Waals surface area contributed by atoms with Crippen LogP contribution >= 0.6 is 0 Å². The number of benzene rings is 1. The summed E-state index contributed by atoms with van der Waals surface area (Å²) < 4.78 is 0. The monoisotopic (exact) mass is 217 g/mol. The van der Waals surface area contributed by atoms with Crippen molar-refractivity contribution in [1.82, 2.24) is 0 Å². The number of rotatable bonds is 4. The van der Waals surface area contributed by atoms with Crippen LogP contribution in [0.15, 0.2) is 18.2 Å². The summed E-state index contributed by atoms with van der Waals surface area (Å²) in [6.07, 6.45) is 1.06. The van der Waals surface area contributed by atoms with E-state index in [2.05, 4.69) is 31.7 Å². The number of hydrogen-bond acceptors (Lipinski definition) is 3. The molecule has 0 saturated heterocycles. The minimum atomic E-state index is 0.385. The molecule has 0 spiro atoms. The molecule has 0 bridgehead atoms. The van der Waals surface area contributed by atoms with Gasteiger partial charge in [-0.15, -0.1) is 0 Å². The van der Waals surface area contributed by atoms with E-state index in [0.29, 0.717) is 17.3 Å². The van der Waals surface area contributed by atoms with Gasteiger partial charge in [0.1, 0.15) is 6.07 Å². The maximum atomic E-state index is 9.11. The van der Waals surface area contributed by atoms with Gasteiger partial charge < -0.3 is 10.6 Å². The third-order valence-corrected chi connectivity index (χ3v) is 2.54. The van der Waals surface area contributed by atoms with Gasteiger partial charge in [0, 0.05) is 18.3 Å². The minimum absolute atomic E-state index is 0.385. The fraction of sp³-hybridized carbons (Fsp3) is 0.462. The number of hydrogen-bond donors (Lipinski definition) is 1. The topological polar surface area (TPSA) is 53.0 Å². The van der Waals surface area contributed by atoms with Crippen molar-refractivity contribution >= 4 is 11.4 Å². The molecule has 1 aromatic rings. The minimum Gasteiger partial charge on any atom is -0.399 e. The van der Waals surface area contributed by atoms with Crippen LogP contribution in [0, 0.1) is 11.3 Å². The lowest BCUT2D eigenvalue weighted by Crippen LogP contribution is -2.32. The van der Waals surface area contributed by atoms with Crippen molar-refractivity contribution in [2.24, 2.45) is 0 Å². The number of anilines is 2. The molecule has 0 aromatic heterocycles. The molecular weight excluding hydrogens is 198 g/mol. The maximum Gasteiger partial charge on any atom is 0.101 e. The zero-order valence-corrected chi connectivity index (χ0v) is 10.2. The highest BCUT2D eigenvalue weighted by atomic mass is 15.1. The van der Waals surface area contributed by atoms with Gasteiger partial charge in [0.05, 0.1) is 11.3 Å². The molecule has 0 aliphatic carbocycles. The van der Waals surface area contributed by atoms with Gasteiger partial charge in [-0.25, -0.2) is 0 Å². The molecule has 1 rings (SSSR count). The molecule has 86 valence electrons. The van der Waals surface area contributed by atoms with Crippen LogP contribution in [-0.2, 0) is 0 Å². The lowest BCUT2D eigenvalue weighted by Gasteiger charge is -2.29. The van der Waals surface area contributed by atoms with Crippen molar-refractivity contribution in [3.05, 3.63) is 23.8 Å². The van der Waals surface area contributed by atoms with E-state index in [1.807, 2.05) is 12.1 Å². The molecule has 0 atom stereocenters. The molecule has 0 unspecified atom stereocenters. The quantitative estimate of drug-likeness (QED) is 0.789. The lowest BCUT2D eigenvalue weighted by molar-refractivity contribution is 0.670. The smallest absolute Gasteiger partial charge is 0.101 e. The first kappa shape index (κ1) is 12.4. The average molecular weight is 217 g/mol. The van der Waals surface area contributed by atoms with Crippen molar-refractivity contribution in [2.75, 3.05) is 17.2 Å². The molecule has 0 amide bonds. The highest BCUT2D eigenvalue weighted by molar-refractivity contribution is 5.64. The molecule has 3 heteroatoms. The van der Waals surface area contributed by atoms with Gasteiger partial charge in [0.15, 0.2) is 0 Å². The zero-order valence-electron chi connectivity index (χ0n) is 10.2. The summed E-state index contributed by atoms with van der Waals surface area (Å²) in [5.41, 5.74) is 7.96. The Morgan fingerprint density at radius 3 is 2.62 bits per heavy atom. The predicted octanol–water partition coefficient (Wildman–Crippen LogP) is 2.77. The first-order chi connectivity index (χ1) is 7.60. The van der Waals surface area contributed by atoms with E-state index in [-0.39, 0.29) is 0 Å². The summed E-state index contributed by atoms with van der Waals surface area (Å²) in [5, 5.41) is 9.11. The molecule has 0 heterocycles. The molecular formula is C13H19N3. The maximum absolute atomic E-state index is 9.11. The van der Waals surface area contributed by atoms with Gasteiger partial charge in [0.2, 0.25) is 0 Å². The summed E-state index contributed by atoms with van der Waals surface area (Å²) in [6.45, 7) is 7.36. The van der Waals surface area contributed by atoms with E-state index < -0.39 is 0 Å². The van der Waals surface area contributed by atoms with Crippen LogP contribution in [0.1, 0.15) is 32.8 Å². The van der Waals surface area contributed by atoms with Gasteiger partial charge in [-0.3, -0.25) is 0 Å². The largest absolute Gasteiger partial charge is 0.399 e. The molecule has 0 aliphatic heterocycles. The Bertz CT molecular complexity index is 391. The third kappa shape index (κ3) is 2.66. The van der Waals surface area contributed by atoms with Crippen molar-refractivity contribution in [3.63, 3.8) is 0 Å². The van der Waals surface area contributed by atoms with E-state index in [0.717, 1.165) is 18.7 Å². The lowest BCUT2D eigenvalue weighted by atomic mass is 10.1. The van der Waals surface area contributed by atoms with Crippen molar-refractivity contribution in [2.45, 2.75) is 33.2 Å². The van der Waals surface area contributed by atoms with Crippen LogP contribution in [0.25, 0.3) is 0 Å². The second-order valence-corrected chi connectivity index (χ2v) is 4.18. The Labute approximate surface area is 97.5 Å². The fourth-order valence-corrected chi connectivity index (χ4v) is 1.79. The van der Waals surface area contributed by atoms with E-state index >= 15 is 0 Å². The number of nitrogen functional groups attached to an aromatic ring is 1. The van der Waals surface area contributed by atoms with Crippen LogP contribution in [-0.4, -0.2) is 12.6 Å². The highest BCUT2D eigenvalue weighted by Crippen LogP contribution is 2.24. The summed E-state index contributed by atoms with van der Waals surface area (Å²) in [6, 6.07) is 8.11. The zero-order chi connectivity index (χ0) is 12.1. The summed E-state index contributed by atoms with van der Waals surface area (Å²) in [5.74, 6) is 0. The molecule has 0 saturated carbocycles. The fourth-order valence-electron chi connectivity index (χ4n) is 1.79. The van der Waals surface area contributed by atoms with Gasteiger partial charge >= 0.3 is 0 Å². The second kappa shape index (κ2) is 5.41. The van der Waals surface area contributed by atoms with E-state index in [1.165, 1.54) is 0 Å². The van der Waals surface area contributed by atoms with Crippen LogP contribution in [0.3, 0.4) is 0 Å². The highest BCUT2D eigenvalue weighted by Gasteiger charge is 2.13. The van der Waals surface area contributed by atoms with Crippen LogP contribution < -0.4 is 10.6 Å². The van der Waals surface area contributed by atoms with Gasteiger partial charge in [-0.2, -0.15) is 5.26 Å². The second-order valence-electron chi connectivity index (χ2n) is 4.18. The van der Waals surface area contributed by atoms with E-state index in [9.17, 15) is 0 Å². The van der Waals surface area contributed by atoms with E-state index in [1.54, 1.807) is 6.07 Å². The van der Waals surface area contributed by atoms with Crippen LogP contribution in [0.4, 0.5) is 11.4 Å². The van der Waals surface area contributed by atoms with Gasteiger partial charge in [-0.1, -0.05) is 6.92 Å². The van der Waals surface area contributed by atoms with Crippen molar-refractivity contribution in [3.8, 4) is 6.07 Å². The molecule has 0 radical (unpaired) electrons. The Balaban J connectivity index is 3.14. The molecule has 0 fully saturated rings. The molecule has 16 heavy (non-hydrogen) atoms. The normalized spacial score (nSPS) is 10.2. The Morgan fingerprint density at radius 1 is 1.44 bits per heavy atom. The van der Waals surface area contributed by atoms with Gasteiger partial charge in [-0.05, 0) is 38.5 Å². The number of nitrogens with zero attached hydrogens (tertiary/aromatic N) is 2. The summed E-state index contributed by atoms with van der Waals surface area (Å²) in [7, 11) is 0. The van der Waals surface area contributed by atoms with E-state index in [4.69, 9.17) is 11.0 Å². The average Bonchev–Trinajstić information content (AvgIpc) is 2.26. The predicted molar refractivity (Wildman–Crippen MR) is 68.3 cm³/mol. The SMILES string of the molecule is CCCN(c1ccc(N)cc1C#N)C(C)C. The molecule has 3 nitrogen and oxygen atoms in total. The molecule has 2 N–H and O–H groups in total. The van der Waals surface area contributed by atoms with Crippen molar-refractivity contribution in [1.29, 1.82) is 5.26 Å². The first-order valence-electron chi connectivity index (χ1n) is 5.66. The number of nitrogens with two attached hydrogens (primary N) is 1. The van der Waals surface area contributed by atoms with Crippen LogP contribution in [0.5, 0.6) is 0 Å². The third-order valence-electron chi connectivity index (χ3n) is 2.54. The number of nitriles is 1. The van der Waals surface area contributed by atoms with Crippen LogP contribution in [0.2, 0.25) is 0 Å². The Morgan fingerprint density at radius 2 is 2.12 bits per heavy atom. The standard InChI is InChI=1S/C13H19N3/c1-4-7-16(10(2)3)13-6-5-12(15)8-11(13)9-14/h5-6,8,10H,4,7,15H2,1-3H3. The Kier molecular flexibility index (Phi) is 4.19.